The molecule has 36 heavy (non-hydrogen) atoms. The predicted octanol–water partition coefficient (Wildman–Crippen LogP) is 8.58. The van der Waals surface area contributed by atoms with Crippen LogP contribution in [-0.2, 0) is 0 Å². The third-order valence-electron chi connectivity index (χ3n) is 4.84. The maximum Gasteiger partial charge on any atom is 0.256 e. The standard InChI is InChI=1S/C26H16Cl2F2N2O2S2/c27-19-13-15(9-11-21(19)29)31-25(33)17-5-1-3-7-23(17)35-36-24-8-4-2-6-18(24)26(34)32-16-10-12-22(30)20(28)14-16/h1-14H,(H,31,33)(H,32,34). The van der Waals surface area contributed by atoms with E-state index < -0.39 is 11.6 Å². The number of amides is 2. The lowest BCUT2D eigenvalue weighted by Crippen LogP contribution is -2.13. The first-order chi connectivity index (χ1) is 17.3. The van der Waals surface area contributed by atoms with Crippen molar-refractivity contribution >= 4 is 68.0 Å². The van der Waals surface area contributed by atoms with E-state index in [0.29, 0.717) is 32.3 Å². The van der Waals surface area contributed by atoms with Crippen LogP contribution in [0.15, 0.2) is 94.7 Å². The van der Waals surface area contributed by atoms with E-state index in [9.17, 15) is 18.4 Å². The van der Waals surface area contributed by atoms with Gasteiger partial charge in [0.1, 0.15) is 11.6 Å². The minimum absolute atomic E-state index is 0.0937. The summed E-state index contributed by atoms with van der Waals surface area (Å²) in [4.78, 5) is 27.1. The maximum absolute atomic E-state index is 13.4. The Labute approximate surface area is 223 Å². The van der Waals surface area contributed by atoms with Gasteiger partial charge in [0.2, 0.25) is 0 Å². The molecule has 0 aliphatic heterocycles. The molecule has 0 heterocycles. The molecule has 4 aromatic carbocycles. The van der Waals surface area contributed by atoms with Crippen LogP contribution in [0.3, 0.4) is 0 Å². The van der Waals surface area contributed by atoms with Gasteiger partial charge in [-0.15, -0.1) is 0 Å². The molecule has 4 nitrogen and oxygen atoms in total. The largest absolute Gasteiger partial charge is 0.322 e. The maximum atomic E-state index is 13.4. The summed E-state index contributed by atoms with van der Waals surface area (Å²) in [5.74, 6) is -1.93. The molecule has 10 heteroatoms. The van der Waals surface area contributed by atoms with E-state index in [-0.39, 0.29) is 21.9 Å². The van der Waals surface area contributed by atoms with Crippen LogP contribution in [0, 0.1) is 11.6 Å². The van der Waals surface area contributed by atoms with Crippen molar-refractivity contribution in [3.63, 3.8) is 0 Å². The SMILES string of the molecule is O=C(Nc1ccc(F)c(Cl)c1)c1ccccc1SSc1ccccc1C(=O)Nc1ccc(F)c(Cl)c1. The molecular formula is C26H16Cl2F2N2O2S2. The predicted molar refractivity (Wildman–Crippen MR) is 143 cm³/mol. The Morgan fingerprint density at radius 3 is 1.39 bits per heavy atom. The highest BCUT2D eigenvalue weighted by Crippen LogP contribution is 2.41. The summed E-state index contributed by atoms with van der Waals surface area (Å²) in [6, 6.07) is 21.8. The van der Waals surface area contributed by atoms with Gasteiger partial charge in [-0.25, -0.2) is 8.78 Å². The van der Waals surface area contributed by atoms with Gasteiger partial charge in [0.25, 0.3) is 11.8 Å². The molecule has 0 saturated heterocycles. The van der Waals surface area contributed by atoms with Crippen LogP contribution in [0.5, 0.6) is 0 Å². The van der Waals surface area contributed by atoms with Crippen LogP contribution in [0.4, 0.5) is 20.2 Å². The topological polar surface area (TPSA) is 58.2 Å². The van der Waals surface area contributed by atoms with Gasteiger partial charge in [-0.3, -0.25) is 9.59 Å². The highest BCUT2D eigenvalue weighted by Gasteiger charge is 2.16. The zero-order valence-electron chi connectivity index (χ0n) is 18.2. The van der Waals surface area contributed by atoms with Crippen molar-refractivity contribution in [2.45, 2.75) is 9.79 Å². The fourth-order valence-corrected chi connectivity index (χ4v) is 5.81. The van der Waals surface area contributed by atoms with Crippen LogP contribution < -0.4 is 10.6 Å². The summed E-state index contributed by atoms with van der Waals surface area (Å²) in [6.45, 7) is 0. The third-order valence-corrected chi connectivity index (χ3v) is 7.90. The van der Waals surface area contributed by atoms with Crippen molar-refractivity contribution in [3.05, 3.63) is 118 Å². The lowest BCUT2D eigenvalue weighted by molar-refractivity contribution is 0.101. The number of halogens is 4. The van der Waals surface area contributed by atoms with Crippen molar-refractivity contribution in [1.82, 2.24) is 0 Å². The molecule has 2 amide bonds. The lowest BCUT2D eigenvalue weighted by Gasteiger charge is -2.12. The molecule has 2 N–H and O–H groups in total. The van der Waals surface area contributed by atoms with E-state index in [1.54, 1.807) is 48.5 Å². The molecule has 0 saturated carbocycles. The van der Waals surface area contributed by atoms with Crippen molar-refractivity contribution < 1.29 is 18.4 Å². The molecule has 0 bridgehead atoms. The molecule has 4 aromatic rings. The molecule has 0 spiro atoms. The molecule has 0 unspecified atom stereocenters. The first-order valence-electron chi connectivity index (χ1n) is 10.4. The van der Waals surface area contributed by atoms with Crippen LogP contribution >= 0.6 is 44.8 Å². The van der Waals surface area contributed by atoms with E-state index in [4.69, 9.17) is 23.2 Å². The Kier molecular flexibility index (Phi) is 8.53. The Bertz CT molecular complexity index is 1340. The summed E-state index contributed by atoms with van der Waals surface area (Å²) in [6.07, 6.45) is 0. The molecule has 0 aromatic heterocycles. The zero-order valence-corrected chi connectivity index (χ0v) is 21.4. The van der Waals surface area contributed by atoms with Gasteiger partial charge in [-0.1, -0.05) is 69.1 Å². The van der Waals surface area contributed by atoms with Crippen LogP contribution in [0.2, 0.25) is 10.0 Å². The summed E-state index contributed by atoms with van der Waals surface area (Å²) in [5.41, 5.74) is 1.53. The van der Waals surface area contributed by atoms with Gasteiger partial charge in [-0.2, -0.15) is 0 Å². The highest BCUT2D eigenvalue weighted by molar-refractivity contribution is 8.76. The summed E-state index contributed by atoms with van der Waals surface area (Å²) < 4.78 is 26.9. The Morgan fingerprint density at radius 1 is 0.611 bits per heavy atom. The average Bonchev–Trinajstić information content (AvgIpc) is 2.87. The lowest BCUT2D eigenvalue weighted by atomic mass is 10.2. The number of rotatable bonds is 7. The van der Waals surface area contributed by atoms with E-state index in [2.05, 4.69) is 10.6 Å². The van der Waals surface area contributed by atoms with Gasteiger partial charge in [0.05, 0.1) is 21.2 Å². The summed E-state index contributed by atoms with van der Waals surface area (Å²) in [7, 11) is 2.61. The fourth-order valence-electron chi connectivity index (χ4n) is 3.09. The van der Waals surface area contributed by atoms with E-state index >= 15 is 0 Å². The number of hydrogen-bond acceptors (Lipinski definition) is 4. The third kappa shape index (κ3) is 6.39. The Balaban J connectivity index is 1.49. The van der Waals surface area contributed by atoms with Crippen molar-refractivity contribution in [2.24, 2.45) is 0 Å². The monoisotopic (exact) mass is 560 g/mol. The normalized spacial score (nSPS) is 10.7. The molecule has 0 aliphatic rings. The quantitative estimate of drug-likeness (QED) is 0.222. The molecule has 182 valence electrons. The number of carbonyl (C=O) groups excluding carboxylic acids is 2. The molecule has 0 aliphatic carbocycles. The minimum atomic E-state index is -0.577. The fraction of sp³-hybridized carbons (Fsp3) is 0. The van der Waals surface area contributed by atoms with Crippen molar-refractivity contribution in [1.29, 1.82) is 0 Å². The minimum Gasteiger partial charge on any atom is -0.322 e. The molecule has 0 fully saturated rings. The van der Waals surface area contributed by atoms with Crippen LogP contribution in [0.25, 0.3) is 0 Å². The van der Waals surface area contributed by atoms with Crippen LogP contribution in [-0.4, -0.2) is 11.8 Å². The van der Waals surface area contributed by atoms with E-state index in [0.717, 1.165) is 0 Å². The Hall–Kier alpha value is -3.04. The van der Waals surface area contributed by atoms with E-state index in [1.807, 2.05) is 0 Å². The van der Waals surface area contributed by atoms with Gasteiger partial charge in [-0.05, 0) is 60.7 Å². The number of hydrogen-bond donors (Lipinski definition) is 2. The highest BCUT2D eigenvalue weighted by atomic mass is 35.5. The molecule has 4 rings (SSSR count). The van der Waals surface area contributed by atoms with Gasteiger partial charge >= 0.3 is 0 Å². The molecule has 0 radical (unpaired) electrons. The van der Waals surface area contributed by atoms with Gasteiger partial charge in [0.15, 0.2) is 0 Å². The van der Waals surface area contributed by atoms with Gasteiger partial charge in [0, 0.05) is 21.2 Å². The van der Waals surface area contributed by atoms with E-state index in [1.165, 1.54) is 58.0 Å². The second kappa shape index (κ2) is 11.8. The zero-order chi connectivity index (χ0) is 25.7. The summed E-state index contributed by atoms with van der Waals surface area (Å²) >= 11 is 11.6. The molecular weight excluding hydrogens is 545 g/mol. The number of anilines is 2. The average molecular weight is 561 g/mol. The first kappa shape index (κ1) is 26.0. The number of nitrogens with one attached hydrogen (secondary N) is 2. The molecule has 0 atom stereocenters. The van der Waals surface area contributed by atoms with Gasteiger partial charge < -0.3 is 10.6 Å². The number of benzene rings is 4. The Morgan fingerprint density at radius 2 is 1.00 bits per heavy atom. The van der Waals surface area contributed by atoms with Crippen LogP contribution in [0.1, 0.15) is 20.7 Å². The second-order valence-corrected chi connectivity index (χ2v) is 10.4. The second-order valence-electron chi connectivity index (χ2n) is 7.33. The smallest absolute Gasteiger partial charge is 0.256 e. The number of carbonyl (C=O) groups is 2. The van der Waals surface area contributed by atoms with Crippen molar-refractivity contribution in [3.8, 4) is 0 Å². The van der Waals surface area contributed by atoms with Crippen molar-refractivity contribution in [2.75, 3.05) is 10.6 Å². The summed E-state index contributed by atoms with van der Waals surface area (Å²) in [5, 5.41) is 5.24. The first-order valence-corrected chi connectivity index (χ1v) is 13.3.